The number of piperazine rings is 1. The zero-order chi connectivity index (χ0) is 27.5. The minimum Gasteiger partial charge on any atom is -0.356 e. The van der Waals surface area contributed by atoms with Crippen molar-refractivity contribution in [2.45, 2.75) is 96.4 Å². The summed E-state index contributed by atoms with van der Waals surface area (Å²) in [6, 6.07) is 21.4. The van der Waals surface area contributed by atoms with Crippen molar-refractivity contribution in [3.05, 3.63) is 71.8 Å². The van der Waals surface area contributed by atoms with Gasteiger partial charge in [0.15, 0.2) is 0 Å². The van der Waals surface area contributed by atoms with Crippen molar-refractivity contribution >= 4 is 11.8 Å². The average molecular weight is 534 g/mol. The molecule has 214 valence electrons. The second-order valence-electron chi connectivity index (χ2n) is 11.0. The Morgan fingerprint density at radius 1 is 0.667 bits per heavy atom. The van der Waals surface area contributed by atoms with Gasteiger partial charge in [0.2, 0.25) is 11.8 Å². The molecular formula is C34H51N3O2. The van der Waals surface area contributed by atoms with Gasteiger partial charge in [-0.05, 0) is 17.5 Å². The van der Waals surface area contributed by atoms with Crippen LogP contribution in [-0.4, -0.2) is 54.3 Å². The number of benzene rings is 2. The second-order valence-corrected chi connectivity index (χ2v) is 11.0. The Morgan fingerprint density at radius 3 is 1.67 bits per heavy atom. The number of nitrogens with one attached hydrogen (secondary N) is 1. The van der Waals surface area contributed by atoms with E-state index in [4.69, 9.17) is 0 Å². The van der Waals surface area contributed by atoms with Crippen LogP contribution in [0.5, 0.6) is 0 Å². The van der Waals surface area contributed by atoms with E-state index in [1.165, 1.54) is 68.9 Å². The Bertz CT molecular complexity index is 886. The minimum absolute atomic E-state index is 0.0807. The highest BCUT2D eigenvalue weighted by Crippen LogP contribution is 2.29. The SMILES string of the molecule is CCCCCCCCCCCCCC(=O)NCCC(=O)N1CCN(C(c2ccccc2)c2ccccc2)CC1. The van der Waals surface area contributed by atoms with Gasteiger partial charge in [-0.25, -0.2) is 0 Å². The van der Waals surface area contributed by atoms with Crippen molar-refractivity contribution in [2.75, 3.05) is 32.7 Å². The Kier molecular flexibility index (Phi) is 14.7. The zero-order valence-electron chi connectivity index (χ0n) is 24.3. The summed E-state index contributed by atoms with van der Waals surface area (Å²) in [5.41, 5.74) is 2.56. The summed E-state index contributed by atoms with van der Waals surface area (Å²) in [5.74, 6) is 0.220. The predicted molar refractivity (Wildman–Crippen MR) is 162 cm³/mol. The van der Waals surface area contributed by atoms with Crippen molar-refractivity contribution in [1.29, 1.82) is 0 Å². The van der Waals surface area contributed by atoms with Crippen LogP contribution >= 0.6 is 0 Å². The van der Waals surface area contributed by atoms with Gasteiger partial charge in [0.05, 0.1) is 6.04 Å². The summed E-state index contributed by atoms with van der Waals surface area (Å²) in [7, 11) is 0. The molecule has 5 nitrogen and oxygen atoms in total. The lowest BCUT2D eigenvalue weighted by Crippen LogP contribution is -2.50. The number of hydrogen-bond acceptors (Lipinski definition) is 3. The third-order valence-electron chi connectivity index (χ3n) is 7.93. The highest BCUT2D eigenvalue weighted by atomic mass is 16.2. The summed E-state index contributed by atoms with van der Waals surface area (Å²) >= 11 is 0. The van der Waals surface area contributed by atoms with Crippen molar-refractivity contribution < 1.29 is 9.59 Å². The van der Waals surface area contributed by atoms with E-state index < -0.39 is 0 Å². The molecule has 1 fully saturated rings. The topological polar surface area (TPSA) is 52.7 Å². The molecule has 0 spiro atoms. The molecule has 1 heterocycles. The summed E-state index contributed by atoms with van der Waals surface area (Å²) < 4.78 is 0. The monoisotopic (exact) mass is 533 g/mol. The number of carbonyl (C=O) groups excluding carboxylic acids is 2. The molecule has 2 aromatic carbocycles. The molecule has 1 N–H and O–H groups in total. The Morgan fingerprint density at radius 2 is 1.15 bits per heavy atom. The molecule has 1 saturated heterocycles. The molecule has 0 radical (unpaired) electrons. The molecule has 1 aliphatic heterocycles. The number of carbonyl (C=O) groups is 2. The maximum Gasteiger partial charge on any atom is 0.224 e. The van der Waals surface area contributed by atoms with Crippen LogP contribution in [-0.2, 0) is 9.59 Å². The molecule has 0 aliphatic carbocycles. The molecule has 1 aliphatic rings. The number of nitrogens with zero attached hydrogens (tertiary/aromatic N) is 2. The van der Waals surface area contributed by atoms with E-state index >= 15 is 0 Å². The molecule has 2 amide bonds. The third-order valence-corrected chi connectivity index (χ3v) is 7.93. The molecule has 5 heteroatoms. The van der Waals surface area contributed by atoms with Crippen LogP contribution in [0, 0.1) is 0 Å². The van der Waals surface area contributed by atoms with Crippen molar-refractivity contribution in [3.8, 4) is 0 Å². The molecule has 39 heavy (non-hydrogen) atoms. The Balaban J connectivity index is 1.27. The second kappa shape index (κ2) is 18.6. The van der Waals surface area contributed by atoms with Crippen molar-refractivity contribution in [3.63, 3.8) is 0 Å². The number of rotatable bonds is 18. The van der Waals surface area contributed by atoms with Gasteiger partial charge in [-0.2, -0.15) is 0 Å². The molecule has 3 rings (SSSR count). The maximum atomic E-state index is 12.8. The first-order chi connectivity index (χ1) is 19.2. The molecule has 2 aromatic rings. The normalized spacial score (nSPS) is 14.1. The first kappa shape index (κ1) is 30.9. The average Bonchev–Trinajstić information content (AvgIpc) is 2.97. The number of amides is 2. The van der Waals surface area contributed by atoms with E-state index in [2.05, 4.69) is 77.8 Å². The van der Waals surface area contributed by atoms with Gasteiger partial charge in [0, 0.05) is 45.6 Å². The lowest BCUT2D eigenvalue weighted by atomic mass is 9.96. The van der Waals surface area contributed by atoms with E-state index in [-0.39, 0.29) is 17.9 Å². The van der Waals surface area contributed by atoms with E-state index in [0.29, 0.717) is 19.4 Å². The number of hydrogen-bond donors (Lipinski definition) is 1. The first-order valence-electron chi connectivity index (χ1n) is 15.6. The van der Waals surface area contributed by atoms with Gasteiger partial charge in [-0.1, -0.05) is 132 Å². The van der Waals surface area contributed by atoms with Crippen LogP contribution in [0.2, 0.25) is 0 Å². The van der Waals surface area contributed by atoms with Crippen molar-refractivity contribution in [2.24, 2.45) is 0 Å². The Hall–Kier alpha value is -2.66. The Labute approximate surface area is 237 Å². The summed E-state index contributed by atoms with van der Waals surface area (Å²) in [5, 5.41) is 2.96. The van der Waals surface area contributed by atoms with Gasteiger partial charge in [-0.3, -0.25) is 14.5 Å². The summed E-state index contributed by atoms with van der Waals surface area (Å²) in [4.78, 5) is 29.5. The maximum absolute atomic E-state index is 12.8. The van der Waals surface area contributed by atoms with Gasteiger partial charge < -0.3 is 10.2 Å². The van der Waals surface area contributed by atoms with E-state index in [1.807, 2.05) is 4.90 Å². The highest BCUT2D eigenvalue weighted by molar-refractivity contribution is 5.79. The van der Waals surface area contributed by atoms with Crippen LogP contribution in [0.1, 0.15) is 108 Å². The highest BCUT2D eigenvalue weighted by Gasteiger charge is 2.27. The predicted octanol–water partition coefficient (Wildman–Crippen LogP) is 7.13. The lowest BCUT2D eigenvalue weighted by molar-refractivity contribution is -0.133. The van der Waals surface area contributed by atoms with Gasteiger partial charge >= 0.3 is 0 Å². The fraction of sp³-hybridized carbons (Fsp3) is 0.588. The van der Waals surface area contributed by atoms with Crippen LogP contribution < -0.4 is 5.32 Å². The van der Waals surface area contributed by atoms with E-state index in [0.717, 1.165) is 39.0 Å². The molecule has 0 bridgehead atoms. The fourth-order valence-corrected chi connectivity index (χ4v) is 5.62. The molecule has 0 atom stereocenters. The first-order valence-corrected chi connectivity index (χ1v) is 15.6. The van der Waals surface area contributed by atoms with Gasteiger partial charge in [-0.15, -0.1) is 0 Å². The van der Waals surface area contributed by atoms with Gasteiger partial charge in [0.25, 0.3) is 0 Å². The van der Waals surface area contributed by atoms with E-state index in [1.54, 1.807) is 0 Å². The molecule has 0 unspecified atom stereocenters. The van der Waals surface area contributed by atoms with Crippen LogP contribution in [0.4, 0.5) is 0 Å². The third kappa shape index (κ3) is 11.5. The fourth-order valence-electron chi connectivity index (χ4n) is 5.62. The van der Waals surface area contributed by atoms with Gasteiger partial charge in [0.1, 0.15) is 0 Å². The van der Waals surface area contributed by atoms with Crippen LogP contribution in [0.25, 0.3) is 0 Å². The standard InChI is InChI=1S/C34H51N3O2/c1-2-3-4-5-6-7-8-9-10-11-18-23-32(38)35-25-24-33(39)36-26-28-37(29-27-36)34(30-19-14-12-15-20-30)31-21-16-13-17-22-31/h12-17,19-22,34H,2-11,18,23-29H2,1H3,(H,35,38). The smallest absolute Gasteiger partial charge is 0.224 e. The van der Waals surface area contributed by atoms with Crippen molar-refractivity contribution in [1.82, 2.24) is 15.1 Å². The summed E-state index contributed by atoms with van der Waals surface area (Å²) in [6.45, 7) is 5.82. The zero-order valence-corrected chi connectivity index (χ0v) is 24.3. The van der Waals surface area contributed by atoms with Crippen LogP contribution in [0.15, 0.2) is 60.7 Å². The van der Waals surface area contributed by atoms with E-state index in [9.17, 15) is 9.59 Å². The molecule has 0 aromatic heterocycles. The summed E-state index contributed by atoms with van der Waals surface area (Å²) in [6.07, 6.45) is 15.0. The largest absolute Gasteiger partial charge is 0.356 e. The molecule has 0 saturated carbocycles. The quantitative estimate of drug-likeness (QED) is 0.207. The lowest BCUT2D eigenvalue weighted by Gasteiger charge is -2.40. The molecular weight excluding hydrogens is 482 g/mol. The minimum atomic E-state index is 0.0807. The van der Waals surface area contributed by atoms with Crippen LogP contribution in [0.3, 0.4) is 0 Å². The number of unbranched alkanes of at least 4 members (excludes halogenated alkanes) is 10.